The number of esters is 1. The molecule has 23 heavy (non-hydrogen) atoms. The predicted octanol–water partition coefficient (Wildman–Crippen LogP) is 5.65. The van der Waals surface area contributed by atoms with Gasteiger partial charge in [0.15, 0.2) is 0 Å². The number of carbonyl (C=O) groups is 1. The van der Waals surface area contributed by atoms with E-state index in [-0.39, 0.29) is 5.97 Å². The maximum Gasteiger partial charge on any atom is 0.308 e. The summed E-state index contributed by atoms with van der Waals surface area (Å²) in [6.07, 6.45) is 7.48. The fourth-order valence-corrected chi connectivity index (χ4v) is 2.60. The SMILES string of the molecule is CCCCC(=O)OC(C)(CC(C)C)OOCC(CC)CCCC. The maximum absolute atomic E-state index is 11.9. The van der Waals surface area contributed by atoms with Gasteiger partial charge in [-0.1, -0.05) is 60.3 Å². The number of hydrogen-bond donors (Lipinski definition) is 0. The van der Waals surface area contributed by atoms with Gasteiger partial charge in [0.2, 0.25) is 5.79 Å². The van der Waals surface area contributed by atoms with Gasteiger partial charge in [-0.15, -0.1) is 0 Å². The highest BCUT2D eigenvalue weighted by molar-refractivity contribution is 5.69. The van der Waals surface area contributed by atoms with Gasteiger partial charge in [-0.2, -0.15) is 4.89 Å². The Balaban J connectivity index is 4.43. The van der Waals surface area contributed by atoms with Crippen LogP contribution in [-0.4, -0.2) is 18.4 Å². The maximum atomic E-state index is 11.9. The van der Waals surface area contributed by atoms with Crippen LogP contribution in [0.4, 0.5) is 0 Å². The zero-order valence-corrected chi connectivity index (χ0v) is 16.2. The molecule has 0 bridgehead atoms. The molecule has 4 nitrogen and oxygen atoms in total. The van der Waals surface area contributed by atoms with Crippen molar-refractivity contribution in [1.29, 1.82) is 0 Å². The summed E-state index contributed by atoms with van der Waals surface area (Å²) in [4.78, 5) is 23.0. The van der Waals surface area contributed by atoms with E-state index in [4.69, 9.17) is 14.5 Å². The molecule has 4 heteroatoms. The fraction of sp³-hybridized carbons (Fsp3) is 0.947. The van der Waals surface area contributed by atoms with Crippen LogP contribution in [0.25, 0.3) is 0 Å². The first-order valence-electron chi connectivity index (χ1n) is 9.39. The molecule has 0 aromatic heterocycles. The second kappa shape index (κ2) is 12.8. The lowest BCUT2D eigenvalue weighted by Gasteiger charge is -2.30. The molecule has 0 N–H and O–H groups in total. The molecule has 0 amide bonds. The Hall–Kier alpha value is -0.610. The van der Waals surface area contributed by atoms with Crippen LogP contribution in [0, 0.1) is 11.8 Å². The van der Waals surface area contributed by atoms with E-state index in [2.05, 4.69) is 34.6 Å². The third kappa shape index (κ3) is 11.5. The van der Waals surface area contributed by atoms with Crippen LogP contribution in [0.5, 0.6) is 0 Å². The molecule has 0 spiro atoms. The smallest absolute Gasteiger partial charge is 0.308 e. The number of carbonyl (C=O) groups excluding carboxylic acids is 1. The van der Waals surface area contributed by atoms with Gasteiger partial charge in [0.25, 0.3) is 0 Å². The molecule has 0 aromatic carbocycles. The van der Waals surface area contributed by atoms with E-state index >= 15 is 0 Å². The predicted molar refractivity (Wildman–Crippen MR) is 93.8 cm³/mol. The van der Waals surface area contributed by atoms with E-state index in [0.717, 1.165) is 25.7 Å². The van der Waals surface area contributed by atoms with Crippen molar-refractivity contribution in [2.75, 3.05) is 6.61 Å². The standard InChI is InChI=1S/C19H38O4/c1-7-10-12-17(9-3)15-21-23-19(6,14-16(4)5)22-18(20)13-11-8-2/h16-17H,7-15H2,1-6H3. The summed E-state index contributed by atoms with van der Waals surface area (Å²) in [6, 6.07) is 0. The Labute approximate surface area is 143 Å². The molecule has 0 saturated carbocycles. The van der Waals surface area contributed by atoms with Crippen LogP contribution in [0.2, 0.25) is 0 Å². The third-order valence-corrected chi connectivity index (χ3v) is 3.93. The van der Waals surface area contributed by atoms with Crippen LogP contribution >= 0.6 is 0 Å². The van der Waals surface area contributed by atoms with Gasteiger partial charge < -0.3 is 4.74 Å². The van der Waals surface area contributed by atoms with Gasteiger partial charge in [-0.05, 0) is 24.7 Å². The van der Waals surface area contributed by atoms with Gasteiger partial charge in [0.05, 0.1) is 6.61 Å². The Kier molecular flexibility index (Phi) is 12.4. The van der Waals surface area contributed by atoms with E-state index in [0.29, 0.717) is 31.3 Å². The molecule has 0 saturated heterocycles. The summed E-state index contributed by atoms with van der Waals surface area (Å²) in [5.41, 5.74) is 0. The van der Waals surface area contributed by atoms with Gasteiger partial charge in [-0.25, -0.2) is 4.89 Å². The highest BCUT2D eigenvalue weighted by Crippen LogP contribution is 2.25. The Morgan fingerprint density at radius 2 is 1.74 bits per heavy atom. The summed E-state index contributed by atoms with van der Waals surface area (Å²) in [6.45, 7) is 12.9. The summed E-state index contributed by atoms with van der Waals surface area (Å²) >= 11 is 0. The minimum Gasteiger partial charge on any atom is -0.431 e. The lowest BCUT2D eigenvalue weighted by atomic mass is 10.0. The monoisotopic (exact) mass is 330 g/mol. The zero-order valence-electron chi connectivity index (χ0n) is 16.2. The quantitative estimate of drug-likeness (QED) is 0.179. The van der Waals surface area contributed by atoms with Crippen molar-refractivity contribution in [1.82, 2.24) is 0 Å². The number of rotatable bonds is 14. The van der Waals surface area contributed by atoms with Crippen molar-refractivity contribution in [3.05, 3.63) is 0 Å². The van der Waals surface area contributed by atoms with Gasteiger partial charge in [0, 0.05) is 19.8 Å². The molecule has 0 fully saturated rings. The first-order chi connectivity index (χ1) is 10.9. The first kappa shape index (κ1) is 22.4. The lowest BCUT2D eigenvalue weighted by Crippen LogP contribution is -2.37. The zero-order chi connectivity index (χ0) is 17.7. The van der Waals surface area contributed by atoms with Gasteiger partial charge in [-0.3, -0.25) is 4.79 Å². The van der Waals surface area contributed by atoms with Crippen molar-refractivity contribution in [3.63, 3.8) is 0 Å². The second-order valence-electron chi connectivity index (χ2n) is 7.09. The molecule has 0 aliphatic carbocycles. The van der Waals surface area contributed by atoms with E-state index in [1.807, 2.05) is 0 Å². The van der Waals surface area contributed by atoms with Crippen molar-refractivity contribution in [2.45, 2.75) is 98.7 Å². The van der Waals surface area contributed by atoms with Crippen molar-refractivity contribution >= 4 is 5.97 Å². The van der Waals surface area contributed by atoms with E-state index in [1.54, 1.807) is 6.92 Å². The minimum absolute atomic E-state index is 0.211. The number of hydrogen-bond acceptors (Lipinski definition) is 4. The largest absolute Gasteiger partial charge is 0.431 e. The van der Waals surface area contributed by atoms with E-state index < -0.39 is 5.79 Å². The molecule has 138 valence electrons. The van der Waals surface area contributed by atoms with Crippen LogP contribution in [0.1, 0.15) is 92.9 Å². The minimum atomic E-state index is -0.998. The summed E-state index contributed by atoms with van der Waals surface area (Å²) < 4.78 is 5.56. The van der Waals surface area contributed by atoms with E-state index in [1.165, 1.54) is 12.8 Å². The average molecular weight is 331 g/mol. The number of ether oxygens (including phenoxy) is 1. The molecule has 2 unspecified atom stereocenters. The summed E-state index contributed by atoms with van der Waals surface area (Å²) in [5, 5.41) is 0. The summed E-state index contributed by atoms with van der Waals surface area (Å²) in [5.74, 6) is -0.363. The highest BCUT2D eigenvalue weighted by atomic mass is 17.2. The van der Waals surface area contributed by atoms with E-state index in [9.17, 15) is 4.79 Å². The Morgan fingerprint density at radius 1 is 1.09 bits per heavy atom. The lowest BCUT2D eigenvalue weighted by molar-refractivity contribution is -0.420. The number of unbranched alkanes of at least 4 members (excludes halogenated alkanes) is 2. The topological polar surface area (TPSA) is 44.8 Å². The average Bonchev–Trinajstić information content (AvgIpc) is 2.47. The third-order valence-electron chi connectivity index (χ3n) is 3.93. The molecule has 0 rings (SSSR count). The molecule has 0 aliphatic heterocycles. The normalized spacial score (nSPS) is 15.4. The molecular weight excluding hydrogens is 292 g/mol. The molecule has 0 radical (unpaired) electrons. The fourth-order valence-electron chi connectivity index (χ4n) is 2.60. The molecule has 0 heterocycles. The second-order valence-corrected chi connectivity index (χ2v) is 7.09. The van der Waals surface area contributed by atoms with Crippen molar-refractivity contribution in [2.24, 2.45) is 11.8 Å². The Morgan fingerprint density at radius 3 is 2.26 bits per heavy atom. The molecule has 2 atom stereocenters. The Bertz CT molecular complexity index is 304. The van der Waals surface area contributed by atoms with Crippen LogP contribution in [-0.2, 0) is 19.3 Å². The molecular formula is C19H38O4. The van der Waals surface area contributed by atoms with Crippen LogP contribution in [0.15, 0.2) is 0 Å². The molecule has 0 aliphatic rings. The highest BCUT2D eigenvalue weighted by Gasteiger charge is 2.32. The van der Waals surface area contributed by atoms with Crippen molar-refractivity contribution < 1.29 is 19.3 Å². The van der Waals surface area contributed by atoms with Gasteiger partial charge in [0.1, 0.15) is 0 Å². The van der Waals surface area contributed by atoms with Crippen molar-refractivity contribution in [3.8, 4) is 0 Å². The van der Waals surface area contributed by atoms with Crippen LogP contribution in [0.3, 0.4) is 0 Å². The molecule has 0 aromatic rings. The van der Waals surface area contributed by atoms with Gasteiger partial charge >= 0.3 is 5.97 Å². The summed E-state index contributed by atoms with van der Waals surface area (Å²) in [7, 11) is 0. The first-order valence-corrected chi connectivity index (χ1v) is 9.39. The van der Waals surface area contributed by atoms with Crippen LogP contribution < -0.4 is 0 Å².